The van der Waals surface area contributed by atoms with Crippen molar-refractivity contribution in [2.24, 2.45) is 0 Å². The smallest absolute Gasteiger partial charge is 0.407 e. The van der Waals surface area contributed by atoms with E-state index in [0.29, 0.717) is 13.1 Å². The molecule has 1 aromatic rings. The topological polar surface area (TPSA) is 66.3 Å². The van der Waals surface area contributed by atoms with Crippen LogP contribution in [0.3, 0.4) is 0 Å². The highest BCUT2D eigenvalue weighted by Crippen LogP contribution is 2.24. The van der Waals surface area contributed by atoms with Gasteiger partial charge in [0.15, 0.2) is 0 Å². The Morgan fingerprint density at radius 1 is 1.53 bits per heavy atom. The second-order valence-electron chi connectivity index (χ2n) is 3.47. The average molecular weight is 272 g/mol. The number of rotatable bonds is 1. The molecule has 0 radical (unpaired) electrons. The van der Waals surface area contributed by atoms with E-state index in [2.05, 4.69) is 25.9 Å². The van der Waals surface area contributed by atoms with Crippen LogP contribution in [0.2, 0.25) is 0 Å². The number of carbonyl (C=O) groups is 1. The molecule has 0 saturated carbocycles. The monoisotopic (exact) mass is 271 g/mol. The highest BCUT2D eigenvalue weighted by molar-refractivity contribution is 9.10. The van der Waals surface area contributed by atoms with Crippen LogP contribution in [-0.4, -0.2) is 39.2 Å². The third kappa shape index (κ3) is 2.26. The minimum atomic E-state index is -0.866. The summed E-state index contributed by atoms with van der Waals surface area (Å²) in [5.41, 5.74) is 0. The number of carboxylic acid groups (broad SMARTS) is 1. The van der Waals surface area contributed by atoms with Crippen LogP contribution in [0.25, 0.3) is 0 Å². The molecule has 0 aromatic carbocycles. The van der Waals surface area contributed by atoms with E-state index in [-0.39, 0.29) is 5.92 Å². The van der Waals surface area contributed by atoms with E-state index in [9.17, 15) is 4.79 Å². The number of nitrogens with zero attached hydrogens (tertiary/aromatic N) is 3. The van der Waals surface area contributed by atoms with E-state index in [0.717, 1.165) is 16.7 Å². The quantitative estimate of drug-likeness (QED) is 0.845. The fourth-order valence-electron chi connectivity index (χ4n) is 1.68. The Balaban J connectivity index is 2.07. The van der Waals surface area contributed by atoms with Crippen molar-refractivity contribution in [3.05, 3.63) is 22.7 Å². The predicted octanol–water partition coefficient (Wildman–Crippen LogP) is 1.71. The number of hydrogen-bond donors (Lipinski definition) is 1. The van der Waals surface area contributed by atoms with Gasteiger partial charge in [-0.1, -0.05) is 0 Å². The zero-order chi connectivity index (χ0) is 10.8. The summed E-state index contributed by atoms with van der Waals surface area (Å²) < 4.78 is 0.833. The van der Waals surface area contributed by atoms with Crippen LogP contribution < -0.4 is 0 Å². The van der Waals surface area contributed by atoms with Gasteiger partial charge in [0.1, 0.15) is 5.82 Å². The van der Waals surface area contributed by atoms with Gasteiger partial charge in [-0.3, -0.25) is 0 Å². The van der Waals surface area contributed by atoms with Gasteiger partial charge in [0.05, 0.1) is 4.47 Å². The maximum Gasteiger partial charge on any atom is 0.407 e. The number of likely N-dealkylation sites (tertiary alicyclic amines) is 1. The molecule has 5 nitrogen and oxygen atoms in total. The molecule has 1 atom stereocenters. The number of hydrogen-bond acceptors (Lipinski definition) is 3. The van der Waals surface area contributed by atoms with Crippen molar-refractivity contribution in [1.82, 2.24) is 14.9 Å². The van der Waals surface area contributed by atoms with Crippen LogP contribution in [-0.2, 0) is 0 Å². The lowest BCUT2D eigenvalue weighted by Gasteiger charge is -2.11. The van der Waals surface area contributed by atoms with Crippen LogP contribution >= 0.6 is 15.9 Å². The van der Waals surface area contributed by atoms with E-state index in [4.69, 9.17) is 5.11 Å². The minimum absolute atomic E-state index is 0.134. The summed E-state index contributed by atoms with van der Waals surface area (Å²) in [6.45, 7) is 1.07. The van der Waals surface area contributed by atoms with E-state index in [1.165, 1.54) is 4.90 Å². The molecule has 1 amide bonds. The maximum atomic E-state index is 10.7. The number of halogens is 1. The molecular weight excluding hydrogens is 262 g/mol. The van der Waals surface area contributed by atoms with Crippen LogP contribution in [0, 0.1) is 0 Å². The Kier molecular flexibility index (Phi) is 2.86. The SMILES string of the molecule is O=C(O)N1CCC(c2ncc(Br)cn2)C1. The molecule has 1 unspecified atom stereocenters. The molecule has 15 heavy (non-hydrogen) atoms. The summed E-state index contributed by atoms with van der Waals surface area (Å²) in [5, 5.41) is 8.80. The highest BCUT2D eigenvalue weighted by Gasteiger charge is 2.28. The molecule has 2 rings (SSSR count). The normalized spacial score (nSPS) is 20.6. The molecular formula is C9H10BrN3O2. The van der Waals surface area contributed by atoms with Gasteiger partial charge >= 0.3 is 6.09 Å². The minimum Gasteiger partial charge on any atom is -0.465 e. The Morgan fingerprint density at radius 3 is 2.73 bits per heavy atom. The molecule has 2 heterocycles. The van der Waals surface area contributed by atoms with Crippen LogP contribution in [0.5, 0.6) is 0 Å². The first-order valence-electron chi connectivity index (χ1n) is 4.62. The summed E-state index contributed by atoms with van der Waals surface area (Å²) in [7, 11) is 0. The lowest BCUT2D eigenvalue weighted by Crippen LogP contribution is -2.26. The number of aromatic nitrogens is 2. The van der Waals surface area contributed by atoms with E-state index >= 15 is 0 Å². The zero-order valence-electron chi connectivity index (χ0n) is 7.93. The molecule has 1 fully saturated rings. The fraction of sp³-hybridized carbons (Fsp3) is 0.444. The molecule has 80 valence electrons. The van der Waals surface area contributed by atoms with Crippen molar-refractivity contribution in [2.45, 2.75) is 12.3 Å². The first kappa shape index (κ1) is 10.4. The lowest BCUT2D eigenvalue weighted by molar-refractivity contribution is 0.155. The van der Waals surface area contributed by atoms with Crippen molar-refractivity contribution in [2.75, 3.05) is 13.1 Å². The van der Waals surface area contributed by atoms with Crippen LogP contribution in [0.1, 0.15) is 18.2 Å². The second-order valence-corrected chi connectivity index (χ2v) is 4.39. The van der Waals surface area contributed by atoms with Gasteiger partial charge in [-0.25, -0.2) is 14.8 Å². The second kappa shape index (κ2) is 4.14. The summed E-state index contributed by atoms with van der Waals surface area (Å²) in [6.07, 6.45) is 3.31. The van der Waals surface area contributed by atoms with Gasteiger partial charge < -0.3 is 10.0 Å². The predicted molar refractivity (Wildman–Crippen MR) is 56.7 cm³/mol. The van der Waals surface area contributed by atoms with Crippen LogP contribution in [0.15, 0.2) is 16.9 Å². The molecule has 0 bridgehead atoms. The first-order chi connectivity index (χ1) is 7.16. The van der Waals surface area contributed by atoms with E-state index in [1.807, 2.05) is 0 Å². The third-order valence-corrected chi connectivity index (χ3v) is 2.87. The van der Waals surface area contributed by atoms with Gasteiger partial charge in [0, 0.05) is 31.4 Å². The first-order valence-corrected chi connectivity index (χ1v) is 5.41. The van der Waals surface area contributed by atoms with Gasteiger partial charge in [-0.05, 0) is 22.4 Å². The fourth-order valence-corrected chi connectivity index (χ4v) is 1.88. The average Bonchev–Trinajstić information content (AvgIpc) is 2.68. The maximum absolute atomic E-state index is 10.7. The van der Waals surface area contributed by atoms with E-state index in [1.54, 1.807) is 12.4 Å². The van der Waals surface area contributed by atoms with Gasteiger partial charge in [-0.15, -0.1) is 0 Å². The van der Waals surface area contributed by atoms with Crippen molar-refractivity contribution in [1.29, 1.82) is 0 Å². The van der Waals surface area contributed by atoms with Gasteiger partial charge in [0.25, 0.3) is 0 Å². The van der Waals surface area contributed by atoms with Gasteiger partial charge in [0.2, 0.25) is 0 Å². The van der Waals surface area contributed by atoms with E-state index < -0.39 is 6.09 Å². The summed E-state index contributed by atoms with van der Waals surface area (Å²) >= 11 is 3.26. The molecule has 1 aliphatic rings. The summed E-state index contributed by atoms with van der Waals surface area (Å²) in [4.78, 5) is 20.5. The molecule has 1 aromatic heterocycles. The Morgan fingerprint density at radius 2 is 2.20 bits per heavy atom. The highest BCUT2D eigenvalue weighted by atomic mass is 79.9. The molecule has 1 N–H and O–H groups in total. The largest absolute Gasteiger partial charge is 0.465 e. The van der Waals surface area contributed by atoms with Crippen molar-refractivity contribution >= 4 is 22.0 Å². The van der Waals surface area contributed by atoms with Gasteiger partial charge in [-0.2, -0.15) is 0 Å². The molecule has 1 saturated heterocycles. The standard InChI is InChI=1S/C9H10BrN3O2/c10-7-3-11-8(12-4-7)6-1-2-13(5-6)9(14)15/h3-4,6H,1-2,5H2,(H,14,15). The Labute approximate surface area is 95.3 Å². The molecule has 1 aliphatic heterocycles. The molecule has 0 aliphatic carbocycles. The molecule has 6 heteroatoms. The van der Waals surface area contributed by atoms with Crippen molar-refractivity contribution < 1.29 is 9.90 Å². The molecule has 0 spiro atoms. The summed E-state index contributed by atoms with van der Waals surface area (Å²) in [5.74, 6) is 0.858. The Bertz CT molecular complexity index is 368. The number of amides is 1. The zero-order valence-corrected chi connectivity index (χ0v) is 9.51. The Hall–Kier alpha value is -1.17. The lowest BCUT2D eigenvalue weighted by atomic mass is 10.1. The summed E-state index contributed by atoms with van der Waals surface area (Å²) in [6, 6.07) is 0. The van der Waals surface area contributed by atoms with Crippen molar-refractivity contribution in [3.63, 3.8) is 0 Å². The van der Waals surface area contributed by atoms with Crippen molar-refractivity contribution in [3.8, 4) is 0 Å². The van der Waals surface area contributed by atoms with Crippen LogP contribution in [0.4, 0.5) is 4.79 Å². The third-order valence-electron chi connectivity index (χ3n) is 2.46.